The SMILES string of the molecule is CNC1CCCCCC1S(=O)(=O)c1ccc(C)cc1C. The highest BCUT2D eigenvalue weighted by atomic mass is 32.2. The van der Waals surface area contributed by atoms with E-state index in [9.17, 15) is 8.42 Å². The van der Waals surface area contributed by atoms with Gasteiger partial charge in [0, 0.05) is 6.04 Å². The number of hydrogen-bond acceptors (Lipinski definition) is 3. The van der Waals surface area contributed by atoms with Gasteiger partial charge < -0.3 is 5.32 Å². The highest BCUT2D eigenvalue weighted by molar-refractivity contribution is 7.92. The molecule has 1 saturated carbocycles. The van der Waals surface area contributed by atoms with Crippen LogP contribution < -0.4 is 5.32 Å². The minimum absolute atomic E-state index is 0.0724. The van der Waals surface area contributed by atoms with E-state index in [1.54, 1.807) is 6.07 Å². The third-order valence-electron chi connectivity index (χ3n) is 4.36. The van der Waals surface area contributed by atoms with Gasteiger partial charge in [0.1, 0.15) is 0 Å². The first kappa shape index (κ1) is 15.5. The summed E-state index contributed by atoms with van der Waals surface area (Å²) in [6.45, 7) is 3.89. The lowest BCUT2D eigenvalue weighted by Gasteiger charge is -2.25. The molecular formula is C16H25NO2S. The summed E-state index contributed by atoms with van der Waals surface area (Å²) in [6.07, 6.45) is 4.97. The summed E-state index contributed by atoms with van der Waals surface area (Å²) in [6, 6.07) is 5.70. The lowest BCUT2D eigenvalue weighted by Crippen LogP contribution is -2.42. The number of rotatable bonds is 3. The smallest absolute Gasteiger partial charge is 0.183 e. The molecule has 0 spiro atoms. The third-order valence-corrected chi connectivity index (χ3v) is 6.79. The Morgan fingerprint density at radius 3 is 2.45 bits per heavy atom. The van der Waals surface area contributed by atoms with Crippen LogP contribution in [0.5, 0.6) is 0 Å². The molecular weight excluding hydrogens is 270 g/mol. The first-order valence-electron chi connectivity index (χ1n) is 7.45. The maximum Gasteiger partial charge on any atom is 0.183 e. The molecule has 0 amide bonds. The topological polar surface area (TPSA) is 46.2 Å². The number of sulfone groups is 1. The molecule has 3 nitrogen and oxygen atoms in total. The van der Waals surface area contributed by atoms with E-state index in [1.807, 2.05) is 33.0 Å². The second-order valence-electron chi connectivity index (χ2n) is 5.89. The second kappa shape index (κ2) is 6.27. The minimum atomic E-state index is -3.26. The zero-order valence-electron chi connectivity index (χ0n) is 12.6. The van der Waals surface area contributed by atoms with Crippen LogP contribution in [0.1, 0.15) is 43.2 Å². The van der Waals surface area contributed by atoms with E-state index < -0.39 is 9.84 Å². The maximum atomic E-state index is 13.0. The predicted octanol–water partition coefficient (Wildman–Crippen LogP) is 3.00. The number of nitrogens with one attached hydrogen (secondary N) is 1. The van der Waals surface area contributed by atoms with Crippen molar-refractivity contribution in [1.82, 2.24) is 5.32 Å². The van der Waals surface area contributed by atoms with Crippen molar-refractivity contribution >= 4 is 9.84 Å². The van der Waals surface area contributed by atoms with Crippen LogP contribution in [0, 0.1) is 13.8 Å². The van der Waals surface area contributed by atoms with Gasteiger partial charge in [-0.1, -0.05) is 37.0 Å². The van der Waals surface area contributed by atoms with E-state index in [1.165, 1.54) is 0 Å². The van der Waals surface area contributed by atoms with E-state index in [0.717, 1.165) is 43.2 Å². The Hall–Kier alpha value is -0.870. The summed E-state index contributed by atoms with van der Waals surface area (Å²) in [5, 5.41) is 2.93. The maximum absolute atomic E-state index is 13.0. The molecule has 1 aliphatic carbocycles. The normalized spacial score (nSPS) is 24.4. The fraction of sp³-hybridized carbons (Fsp3) is 0.625. The molecule has 1 aliphatic rings. The van der Waals surface area contributed by atoms with Crippen LogP contribution in [0.25, 0.3) is 0 Å². The Bertz CT molecular complexity index is 566. The molecule has 0 aromatic heterocycles. The molecule has 0 radical (unpaired) electrons. The number of aryl methyl sites for hydroxylation is 2. The van der Waals surface area contributed by atoms with Crippen LogP contribution in [-0.2, 0) is 9.84 Å². The van der Waals surface area contributed by atoms with Gasteiger partial charge in [-0.25, -0.2) is 8.42 Å². The molecule has 0 saturated heterocycles. The van der Waals surface area contributed by atoms with E-state index in [0.29, 0.717) is 4.90 Å². The highest BCUT2D eigenvalue weighted by Crippen LogP contribution is 2.30. The fourth-order valence-electron chi connectivity index (χ4n) is 3.26. The molecule has 1 N–H and O–H groups in total. The Kier molecular flexibility index (Phi) is 4.86. The molecule has 2 rings (SSSR count). The average Bonchev–Trinajstić information content (AvgIpc) is 2.63. The van der Waals surface area contributed by atoms with Crippen LogP contribution in [0.4, 0.5) is 0 Å². The zero-order valence-corrected chi connectivity index (χ0v) is 13.5. The second-order valence-corrected chi connectivity index (χ2v) is 8.02. The monoisotopic (exact) mass is 295 g/mol. The third kappa shape index (κ3) is 3.07. The Morgan fingerprint density at radius 2 is 1.80 bits per heavy atom. The van der Waals surface area contributed by atoms with Crippen molar-refractivity contribution in [3.8, 4) is 0 Å². The summed E-state index contributed by atoms with van der Waals surface area (Å²) < 4.78 is 26.0. The van der Waals surface area contributed by atoms with Gasteiger partial charge in [-0.05, 0) is 45.4 Å². The summed E-state index contributed by atoms with van der Waals surface area (Å²) >= 11 is 0. The van der Waals surface area contributed by atoms with Crippen LogP contribution in [-0.4, -0.2) is 26.8 Å². The van der Waals surface area contributed by atoms with Gasteiger partial charge in [0.2, 0.25) is 0 Å². The van der Waals surface area contributed by atoms with Crippen molar-refractivity contribution in [2.45, 2.75) is 62.1 Å². The van der Waals surface area contributed by atoms with Gasteiger partial charge in [0.15, 0.2) is 9.84 Å². The molecule has 2 atom stereocenters. The van der Waals surface area contributed by atoms with Crippen molar-refractivity contribution in [1.29, 1.82) is 0 Å². The van der Waals surface area contributed by atoms with Gasteiger partial charge >= 0.3 is 0 Å². The van der Waals surface area contributed by atoms with Crippen molar-refractivity contribution < 1.29 is 8.42 Å². The molecule has 0 bridgehead atoms. The van der Waals surface area contributed by atoms with E-state index >= 15 is 0 Å². The lowest BCUT2D eigenvalue weighted by molar-refractivity contribution is 0.480. The van der Waals surface area contributed by atoms with Crippen molar-refractivity contribution in [2.24, 2.45) is 0 Å². The predicted molar refractivity (Wildman–Crippen MR) is 82.8 cm³/mol. The molecule has 112 valence electrons. The van der Waals surface area contributed by atoms with Crippen molar-refractivity contribution in [3.63, 3.8) is 0 Å². The van der Waals surface area contributed by atoms with Crippen LogP contribution in [0.15, 0.2) is 23.1 Å². The molecule has 1 fully saturated rings. The van der Waals surface area contributed by atoms with E-state index in [-0.39, 0.29) is 11.3 Å². The molecule has 4 heteroatoms. The molecule has 0 aliphatic heterocycles. The van der Waals surface area contributed by atoms with E-state index in [4.69, 9.17) is 0 Å². The largest absolute Gasteiger partial charge is 0.316 e. The van der Waals surface area contributed by atoms with E-state index in [2.05, 4.69) is 5.32 Å². The van der Waals surface area contributed by atoms with Gasteiger partial charge in [0.25, 0.3) is 0 Å². The first-order valence-corrected chi connectivity index (χ1v) is 9.00. The Labute approximate surface area is 122 Å². The van der Waals surface area contributed by atoms with Crippen LogP contribution in [0.2, 0.25) is 0 Å². The molecule has 1 aromatic carbocycles. The van der Waals surface area contributed by atoms with Gasteiger partial charge in [-0.15, -0.1) is 0 Å². The standard InChI is InChI=1S/C16H25NO2S/c1-12-9-10-15(13(2)11-12)20(18,19)16-8-6-4-5-7-14(16)17-3/h9-11,14,16-17H,4-8H2,1-3H3. The van der Waals surface area contributed by atoms with Crippen molar-refractivity contribution in [3.05, 3.63) is 29.3 Å². The average molecular weight is 295 g/mol. The summed E-state index contributed by atoms with van der Waals surface area (Å²) in [5.74, 6) is 0. The first-order chi connectivity index (χ1) is 9.46. The number of hydrogen-bond donors (Lipinski definition) is 1. The summed E-state index contributed by atoms with van der Waals surface area (Å²) in [5.41, 5.74) is 1.97. The Balaban J connectivity index is 2.41. The van der Waals surface area contributed by atoms with Gasteiger partial charge in [-0.3, -0.25) is 0 Å². The Morgan fingerprint density at radius 1 is 1.10 bits per heavy atom. The lowest BCUT2D eigenvalue weighted by atomic mass is 10.1. The van der Waals surface area contributed by atoms with Gasteiger partial charge in [0.05, 0.1) is 10.1 Å². The molecule has 2 unspecified atom stereocenters. The van der Waals surface area contributed by atoms with Crippen molar-refractivity contribution in [2.75, 3.05) is 7.05 Å². The summed E-state index contributed by atoms with van der Waals surface area (Å²) in [7, 11) is -1.38. The van der Waals surface area contributed by atoms with Crippen LogP contribution >= 0.6 is 0 Å². The molecule has 0 heterocycles. The fourth-order valence-corrected chi connectivity index (χ4v) is 5.53. The minimum Gasteiger partial charge on any atom is -0.316 e. The van der Waals surface area contributed by atoms with Crippen LogP contribution in [0.3, 0.4) is 0 Å². The number of benzene rings is 1. The molecule has 1 aromatic rings. The van der Waals surface area contributed by atoms with Gasteiger partial charge in [-0.2, -0.15) is 0 Å². The highest BCUT2D eigenvalue weighted by Gasteiger charge is 2.35. The zero-order chi connectivity index (χ0) is 14.8. The molecule has 20 heavy (non-hydrogen) atoms. The quantitative estimate of drug-likeness (QED) is 0.872. The summed E-state index contributed by atoms with van der Waals surface area (Å²) in [4.78, 5) is 0.509.